The lowest BCUT2D eigenvalue weighted by Gasteiger charge is -2.27. The second kappa shape index (κ2) is 3.89. The van der Waals surface area contributed by atoms with Crippen LogP contribution in [-0.4, -0.2) is 32.4 Å². The Morgan fingerprint density at radius 3 is 2.73 bits per heavy atom. The van der Waals surface area contributed by atoms with Crippen molar-refractivity contribution in [3.63, 3.8) is 0 Å². The maximum Gasteiger partial charge on any atom is 0.356 e. The lowest BCUT2D eigenvalue weighted by atomic mass is 10.1. The average molecular weight is 226 g/mol. The number of nitrogens with zero attached hydrogens (tertiary/aromatic N) is 2. The minimum atomic E-state index is -0.942. The molecule has 0 saturated carbocycles. The van der Waals surface area contributed by atoms with E-state index in [-0.39, 0.29) is 5.69 Å². The van der Waals surface area contributed by atoms with E-state index in [9.17, 15) is 4.79 Å². The highest BCUT2D eigenvalue weighted by atomic mass is 32.2. The summed E-state index contributed by atoms with van der Waals surface area (Å²) in [5, 5.41) is 13.1. The molecule has 2 heterocycles. The molecule has 0 radical (unpaired) electrons. The molecule has 0 amide bonds. The summed E-state index contributed by atoms with van der Waals surface area (Å²) in [6.07, 6.45) is 0. The van der Waals surface area contributed by atoms with E-state index in [2.05, 4.69) is 18.9 Å². The van der Waals surface area contributed by atoms with E-state index in [1.54, 1.807) is 6.07 Å². The highest BCUT2D eigenvalue weighted by molar-refractivity contribution is 8.00. The van der Waals surface area contributed by atoms with E-state index in [0.29, 0.717) is 12.0 Å². The Morgan fingerprint density at radius 1 is 1.67 bits per heavy atom. The van der Waals surface area contributed by atoms with Crippen LogP contribution in [0.25, 0.3) is 0 Å². The van der Waals surface area contributed by atoms with E-state index < -0.39 is 5.97 Å². The smallest absolute Gasteiger partial charge is 0.356 e. The van der Waals surface area contributed by atoms with Crippen LogP contribution in [-0.2, 0) is 0 Å². The normalized spacial score (nSPS) is 16.7. The number of carboxylic acids is 1. The minimum absolute atomic E-state index is 0.163. The number of hydrogen-bond acceptors (Lipinski definition) is 3. The van der Waals surface area contributed by atoms with Crippen molar-refractivity contribution in [1.82, 2.24) is 9.78 Å². The molecule has 1 aliphatic rings. The van der Waals surface area contributed by atoms with Gasteiger partial charge in [0.2, 0.25) is 0 Å². The van der Waals surface area contributed by atoms with Crippen LogP contribution in [0.15, 0.2) is 6.07 Å². The second-order valence-corrected chi connectivity index (χ2v) is 5.13. The molecular formula is C10H14N2O2S. The van der Waals surface area contributed by atoms with E-state index in [0.717, 1.165) is 17.2 Å². The van der Waals surface area contributed by atoms with E-state index in [4.69, 9.17) is 5.11 Å². The summed E-state index contributed by atoms with van der Waals surface area (Å²) in [6.45, 7) is 4.12. The van der Waals surface area contributed by atoms with Crippen molar-refractivity contribution in [1.29, 1.82) is 0 Å². The zero-order valence-electron chi connectivity index (χ0n) is 8.80. The molecule has 82 valence electrons. The maximum atomic E-state index is 10.8. The largest absolute Gasteiger partial charge is 0.476 e. The Bertz CT molecular complexity index is 383. The fourth-order valence-corrected chi connectivity index (χ4v) is 2.33. The number of carboxylic acid groups (broad SMARTS) is 1. The van der Waals surface area contributed by atoms with Crippen LogP contribution >= 0.6 is 11.8 Å². The molecule has 0 spiro atoms. The third kappa shape index (κ3) is 1.88. The standard InChI is InChI=1S/C10H14N2O2S/c1-6(2)9-3-8(10(13)14)11-12(9)7-4-15-5-7/h3,6-7H,4-5H2,1-2H3,(H,13,14). The first-order valence-corrected chi connectivity index (χ1v) is 6.15. The molecule has 4 nitrogen and oxygen atoms in total. The number of aromatic carboxylic acids is 1. The predicted octanol–water partition coefficient (Wildman–Crippen LogP) is 1.99. The van der Waals surface area contributed by atoms with Crippen molar-refractivity contribution in [2.45, 2.75) is 25.8 Å². The fraction of sp³-hybridized carbons (Fsp3) is 0.600. The van der Waals surface area contributed by atoms with Gasteiger partial charge in [-0.15, -0.1) is 0 Å². The fourth-order valence-electron chi connectivity index (χ4n) is 1.60. The van der Waals surface area contributed by atoms with Gasteiger partial charge in [-0.1, -0.05) is 13.8 Å². The molecule has 1 saturated heterocycles. The van der Waals surface area contributed by atoms with Crippen LogP contribution in [0, 0.1) is 0 Å². The first kappa shape index (κ1) is 10.5. The summed E-state index contributed by atoms with van der Waals surface area (Å²) >= 11 is 1.87. The van der Waals surface area contributed by atoms with Gasteiger partial charge in [-0.2, -0.15) is 16.9 Å². The number of hydrogen-bond donors (Lipinski definition) is 1. The van der Waals surface area contributed by atoms with Crippen molar-refractivity contribution in [2.75, 3.05) is 11.5 Å². The lowest BCUT2D eigenvalue weighted by Crippen LogP contribution is -2.26. The summed E-state index contributed by atoms with van der Waals surface area (Å²) in [4.78, 5) is 10.8. The monoisotopic (exact) mass is 226 g/mol. The summed E-state index contributed by atoms with van der Waals surface area (Å²) < 4.78 is 1.89. The van der Waals surface area contributed by atoms with Crippen molar-refractivity contribution in [2.24, 2.45) is 0 Å². The van der Waals surface area contributed by atoms with Crippen LogP contribution in [0.4, 0.5) is 0 Å². The molecule has 0 atom stereocenters. The average Bonchev–Trinajstić information content (AvgIpc) is 2.45. The van der Waals surface area contributed by atoms with Crippen molar-refractivity contribution < 1.29 is 9.90 Å². The van der Waals surface area contributed by atoms with Gasteiger partial charge in [-0.25, -0.2) is 4.79 Å². The van der Waals surface area contributed by atoms with Crippen LogP contribution in [0.5, 0.6) is 0 Å². The highest BCUT2D eigenvalue weighted by Gasteiger charge is 2.26. The summed E-state index contributed by atoms with van der Waals surface area (Å²) in [5.74, 6) is 1.46. The van der Waals surface area contributed by atoms with Gasteiger partial charge in [0.15, 0.2) is 5.69 Å². The Morgan fingerprint density at radius 2 is 2.33 bits per heavy atom. The topological polar surface area (TPSA) is 55.1 Å². The van der Waals surface area contributed by atoms with Crippen molar-refractivity contribution in [3.05, 3.63) is 17.5 Å². The number of thioether (sulfide) groups is 1. The summed E-state index contributed by atoms with van der Waals surface area (Å²) in [6, 6.07) is 2.08. The molecule has 1 aliphatic heterocycles. The third-order valence-corrected chi connectivity index (χ3v) is 3.78. The van der Waals surface area contributed by atoms with Crippen LogP contribution in [0.2, 0.25) is 0 Å². The van der Waals surface area contributed by atoms with E-state index >= 15 is 0 Å². The number of aromatic nitrogens is 2. The maximum absolute atomic E-state index is 10.8. The van der Waals surface area contributed by atoms with Crippen LogP contribution in [0.3, 0.4) is 0 Å². The molecule has 2 rings (SSSR count). The van der Waals surface area contributed by atoms with Crippen molar-refractivity contribution >= 4 is 17.7 Å². The molecule has 0 aliphatic carbocycles. The Balaban J connectivity index is 2.36. The molecule has 0 aromatic carbocycles. The number of carbonyl (C=O) groups is 1. The second-order valence-electron chi connectivity index (χ2n) is 4.05. The summed E-state index contributed by atoms with van der Waals surface area (Å²) in [5.41, 5.74) is 1.19. The van der Waals surface area contributed by atoms with Gasteiger partial charge < -0.3 is 5.11 Å². The van der Waals surface area contributed by atoms with Gasteiger partial charge in [0, 0.05) is 17.2 Å². The molecule has 15 heavy (non-hydrogen) atoms. The van der Waals surface area contributed by atoms with Gasteiger partial charge in [-0.05, 0) is 12.0 Å². The minimum Gasteiger partial charge on any atom is -0.476 e. The van der Waals surface area contributed by atoms with E-state index in [1.807, 2.05) is 16.4 Å². The van der Waals surface area contributed by atoms with Gasteiger partial charge in [-0.3, -0.25) is 4.68 Å². The molecule has 5 heteroatoms. The predicted molar refractivity (Wildman–Crippen MR) is 59.6 cm³/mol. The molecule has 1 N–H and O–H groups in total. The quantitative estimate of drug-likeness (QED) is 0.856. The van der Waals surface area contributed by atoms with Gasteiger partial charge >= 0.3 is 5.97 Å². The SMILES string of the molecule is CC(C)c1cc(C(=O)O)nn1C1CSC1. The summed E-state index contributed by atoms with van der Waals surface area (Å²) in [7, 11) is 0. The van der Waals surface area contributed by atoms with Crippen LogP contribution in [0.1, 0.15) is 42.0 Å². The van der Waals surface area contributed by atoms with Crippen LogP contribution < -0.4 is 0 Å². The molecule has 1 aromatic heterocycles. The first-order valence-electron chi connectivity index (χ1n) is 5.00. The van der Waals surface area contributed by atoms with Crippen molar-refractivity contribution in [3.8, 4) is 0 Å². The zero-order valence-corrected chi connectivity index (χ0v) is 9.62. The molecule has 0 unspecified atom stereocenters. The Labute approximate surface area is 92.7 Å². The molecule has 1 aromatic rings. The lowest BCUT2D eigenvalue weighted by molar-refractivity contribution is 0.0689. The van der Waals surface area contributed by atoms with E-state index in [1.165, 1.54) is 0 Å². The molecule has 1 fully saturated rings. The van der Waals surface area contributed by atoms with Gasteiger partial charge in [0.1, 0.15) is 0 Å². The van der Waals surface area contributed by atoms with Gasteiger partial charge in [0.25, 0.3) is 0 Å². The zero-order chi connectivity index (χ0) is 11.0. The first-order chi connectivity index (χ1) is 7.09. The number of rotatable bonds is 3. The highest BCUT2D eigenvalue weighted by Crippen LogP contribution is 2.32. The third-order valence-electron chi connectivity index (χ3n) is 2.54. The van der Waals surface area contributed by atoms with Gasteiger partial charge in [0.05, 0.1) is 6.04 Å². The Kier molecular flexibility index (Phi) is 2.73. The molecular weight excluding hydrogens is 212 g/mol. The molecule has 0 bridgehead atoms. The Hall–Kier alpha value is -0.970.